The lowest BCUT2D eigenvalue weighted by molar-refractivity contribution is -0.138. The number of hydrogen-bond donors (Lipinski definition) is 0. The van der Waals surface area contributed by atoms with Crippen LogP contribution in [0.3, 0.4) is 0 Å². The maximum absolute atomic E-state index is 12.7. The van der Waals surface area contributed by atoms with E-state index in [1.165, 1.54) is 24.4 Å². The molecule has 0 amide bonds. The lowest BCUT2D eigenvalue weighted by atomic mass is 10.2. The number of hydrogen-bond acceptors (Lipinski definition) is 3. The van der Waals surface area contributed by atoms with Gasteiger partial charge in [-0.2, -0.15) is 13.2 Å². The minimum Gasteiger partial charge on any atom is -0.421 e. The molecule has 0 atom stereocenters. The van der Waals surface area contributed by atoms with Crippen LogP contribution in [0, 0.1) is 0 Å². The first kappa shape index (κ1) is 13.1. The first-order chi connectivity index (χ1) is 8.98. The van der Waals surface area contributed by atoms with Crippen LogP contribution in [0.4, 0.5) is 13.2 Å². The molecular weight excluding hydrogens is 259 g/mol. The van der Waals surface area contributed by atoms with Gasteiger partial charge in [-0.25, -0.2) is 9.78 Å². The Balaban J connectivity index is 2.28. The Morgan fingerprint density at radius 3 is 2.37 bits per heavy atom. The Morgan fingerprint density at radius 1 is 1.05 bits per heavy atom. The van der Waals surface area contributed by atoms with Gasteiger partial charge in [-0.15, -0.1) is 0 Å². The van der Waals surface area contributed by atoms with Crippen LogP contribution in [0.25, 0.3) is 0 Å². The standard InChI is InChI=1S/C13H8F3NO2/c14-13(15,16)9-5-1-2-7-11(9)19-12(18)10-6-3-4-8-17-10/h1-8H. The lowest BCUT2D eigenvalue weighted by Crippen LogP contribution is -2.14. The van der Waals surface area contributed by atoms with E-state index in [2.05, 4.69) is 4.98 Å². The fourth-order valence-electron chi connectivity index (χ4n) is 1.43. The van der Waals surface area contributed by atoms with Crippen molar-refractivity contribution >= 4 is 5.97 Å². The number of esters is 1. The van der Waals surface area contributed by atoms with Crippen LogP contribution in [0.15, 0.2) is 48.7 Å². The van der Waals surface area contributed by atoms with Gasteiger partial charge in [0.15, 0.2) is 0 Å². The third kappa shape index (κ3) is 3.09. The summed E-state index contributed by atoms with van der Waals surface area (Å²) in [6.45, 7) is 0. The van der Waals surface area contributed by atoms with Gasteiger partial charge < -0.3 is 4.74 Å². The average molecular weight is 267 g/mol. The van der Waals surface area contributed by atoms with Crippen LogP contribution < -0.4 is 4.74 Å². The summed E-state index contributed by atoms with van der Waals surface area (Å²) in [4.78, 5) is 15.4. The molecule has 1 heterocycles. The van der Waals surface area contributed by atoms with E-state index in [-0.39, 0.29) is 5.69 Å². The number of carbonyl (C=O) groups excluding carboxylic acids is 1. The van der Waals surface area contributed by atoms with Crippen molar-refractivity contribution in [3.63, 3.8) is 0 Å². The zero-order valence-electron chi connectivity index (χ0n) is 9.52. The molecule has 0 aliphatic rings. The van der Waals surface area contributed by atoms with Gasteiger partial charge in [-0.1, -0.05) is 18.2 Å². The summed E-state index contributed by atoms with van der Waals surface area (Å²) in [5, 5.41) is 0. The van der Waals surface area contributed by atoms with E-state index in [9.17, 15) is 18.0 Å². The first-order valence-corrected chi connectivity index (χ1v) is 5.28. The van der Waals surface area contributed by atoms with E-state index in [1.54, 1.807) is 12.1 Å². The van der Waals surface area contributed by atoms with Crippen LogP contribution in [0.2, 0.25) is 0 Å². The predicted molar refractivity (Wildman–Crippen MR) is 60.6 cm³/mol. The second kappa shape index (κ2) is 5.09. The van der Waals surface area contributed by atoms with Crippen molar-refractivity contribution in [2.75, 3.05) is 0 Å². The number of nitrogens with zero attached hydrogens (tertiary/aromatic N) is 1. The van der Waals surface area contributed by atoms with E-state index in [0.29, 0.717) is 0 Å². The molecule has 0 saturated heterocycles. The number of benzene rings is 1. The van der Waals surface area contributed by atoms with E-state index < -0.39 is 23.5 Å². The molecule has 0 aliphatic heterocycles. The first-order valence-electron chi connectivity index (χ1n) is 5.28. The molecule has 3 nitrogen and oxygen atoms in total. The lowest BCUT2D eigenvalue weighted by Gasteiger charge is -2.12. The molecule has 1 aromatic heterocycles. The quantitative estimate of drug-likeness (QED) is 0.619. The van der Waals surface area contributed by atoms with Crippen molar-refractivity contribution in [3.05, 3.63) is 59.9 Å². The van der Waals surface area contributed by atoms with Crippen LogP contribution in [0.5, 0.6) is 5.75 Å². The summed E-state index contributed by atoms with van der Waals surface area (Å²) >= 11 is 0. The van der Waals surface area contributed by atoms with Gasteiger partial charge in [-0.3, -0.25) is 0 Å². The van der Waals surface area contributed by atoms with Crippen LogP contribution in [-0.4, -0.2) is 11.0 Å². The van der Waals surface area contributed by atoms with Gasteiger partial charge in [0.25, 0.3) is 0 Å². The van der Waals surface area contributed by atoms with Gasteiger partial charge in [0.1, 0.15) is 11.4 Å². The number of pyridine rings is 1. The van der Waals surface area contributed by atoms with Crippen LogP contribution >= 0.6 is 0 Å². The van der Waals surface area contributed by atoms with E-state index in [1.807, 2.05) is 0 Å². The monoisotopic (exact) mass is 267 g/mol. The van der Waals surface area contributed by atoms with Crippen molar-refractivity contribution in [2.45, 2.75) is 6.18 Å². The minimum atomic E-state index is -4.58. The highest BCUT2D eigenvalue weighted by Crippen LogP contribution is 2.36. The molecule has 2 aromatic rings. The topological polar surface area (TPSA) is 39.2 Å². The summed E-state index contributed by atoms with van der Waals surface area (Å²) in [6, 6.07) is 9.00. The largest absolute Gasteiger partial charge is 0.421 e. The molecule has 0 N–H and O–H groups in total. The highest BCUT2D eigenvalue weighted by molar-refractivity contribution is 5.89. The Bertz CT molecular complexity index is 582. The maximum atomic E-state index is 12.7. The molecule has 0 aliphatic carbocycles. The van der Waals surface area contributed by atoms with E-state index >= 15 is 0 Å². The highest BCUT2D eigenvalue weighted by atomic mass is 19.4. The van der Waals surface area contributed by atoms with Gasteiger partial charge in [0, 0.05) is 6.20 Å². The Hall–Kier alpha value is -2.37. The van der Waals surface area contributed by atoms with Crippen molar-refractivity contribution in [1.82, 2.24) is 4.98 Å². The molecule has 0 fully saturated rings. The highest BCUT2D eigenvalue weighted by Gasteiger charge is 2.34. The summed E-state index contributed by atoms with van der Waals surface area (Å²) < 4.78 is 42.8. The fourth-order valence-corrected chi connectivity index (χ4v) is 1.43. The second-order valence-electron chi connectivity index (χ2n) is 3.60. The van der Waals surface area contributed by atoms with Crippen LogP contribution in [0.1, 0.15) is 16.1 Å². The van der Waals surface area contributed by atoms with Crippen molar-refractivity contribution in [2.24, 2.45) is 0 Å². The molecule has 0 unspecified atom stereocenters. The number of alkyl halides is 3. The third-order valence-corrected chi connectivity index (χ3v) is 2.27. The van der Waals surface area contributed by atoms with Crippen molar-refractivity contribution in [1.29, 1.82) is 0 Å². The number of carbonyl (C=O) groups is 1. The fraction of sp³-hybridized carbons (Fsp3) is 0.0769. The predicted octanol–water partition coefficient (Wildman–Crippen LogP) is 3.32. The molecule has 0 saturated carbocycles. The second-order valence-corrected chi connectivity index (χ2v) is 3.60. The van der Waals surface area contributed by atoms with Gasteiger partial charge >= 0.3 is 12.1 Å². The SMILES string of the molecule is O=C(Oc1ccccc1C(F)(F)F)c1ccccn1. The molecule has 1 aromatic carbocycles. The number of halogens is 3. The average Bonchev–Trinajstić information content (AvgIpc) is 2.39. The zero-order valence-corrected chi connectivity index (χ0v) is 9.52. The Morgan fingerprint density at radius 2 is 1.74 bits per heavy atom. The molecule has 0 radical (unpaired) electrons. The third-order valence-electron chi connectivity index (χ3n) is 2.27. The molecule has 2 rings (SSSR count). The number of rotatable bonds is 2. The molecule has 19 heavy (non-hydrogen) atoms. The molecule has 0 spiro atoms. The molecular formula is C13H8F3NO2. The Kier molecular flexibility index (Phi) is 3.50. The zero-order chi connectivity index (χ0) is 13.9. The van der Waals surface area contributed by atoms with Crippen molar-refractivity contribution in [3.8, 4) is 5.75 Å². The van der Waals surface area contributed by atoms with Gasteiger partial charge in [-0.05, 0) is 24.3 Å². The maximum Gasteiger partial charge on any atom is 0.419 e. The summed E-state index contributed by atoms with van der Waals surface area (Å²) in [6.07, 6.45) is -3.23. The smallest absolute Gasteiger partial charge is 0.419 e. The molecule has 6 heteroatoms. The summed E-state index contributed by atoms with van der Waals surface area (Å²) in [7, 11) is 0. The van der Waals surface area contributed by atoms with Crippen LogP contribution in [-0.2, 0) is 6.18 Å². The Labute approximate surface area is 106 Å². The number of para-hydroxylation sites is 1. The summed E-state index contributed by atoms with van der Waals surface area (Å²) in [5.41, 5.74) is -1.06. The van der Waals surface area contributed by atoms with Gasteiger partial charge in [0.05, 0.1) is 5.56 Å². The molecule has 0 bridgehead atoms. The van der Waals surface area contributed by atoms with Crippen molar-refractivity contribution < 1.29 is 22.7 Å². The summed E-state index contributed by atoms with van der Waals surface area (Å²) in [5.74, 6) is -1.47. The van der Waals surface area contributed by atoms with E-state index in [4.69, 9.17) is 4.74 Å². The molecule has 98 valence electrons. The number of ether oxygens (including phenoxy) is 1. The number of aromatic nitrogens is 1. The minimum absolute atomic E-state index is 0.0560. The van der Waals surface area contributed by atoms with E-state index in [0.717, 1.165) is 12.1 Å². The normalized spacial score (nSPS) is 11.1. The van der Waals surface area contributed by atoms with Gasteiger partial charge in [0.2, 0.25) is 0 Å².